The van der Waals surface area contributed by atoms with Gasteiger partial charge in [0, 0.05) is 11.9 Å². The van der Waals surface area contributed by atoms with Crippen molar-refractivity contribution in [1.82, 2.24) is 5.32 Å². The molecule has 3 rings (SSSR count). The highest BCUT2D eigenvalue weighted by Gasteiger charge is 2.16. The Morgan fingerprint density at radius 2 is 1.90 bits per heavy atom. The maximum Gasteiger partial charge on any atom is 0.263 e. The van der Waals surface area contributed by atoms with E-state index in [1.807, 2.05) is 44.2 Å². The van der Waals surface area contributed by atoms with Crippen molar-refractivity contribution in [3.8, 4) is 11.8 Å². The molecule has 0 heterocycles. The second-order valence-corrected chi connectivity index (χ2v) is 7.20. The van der Waals surface area contributed by atoms with Gasteiger partial charge in [0.2, 0.25) is 0 Å². The van der Waals surface area contributed by atoms with Crippen LogP contribution < -0.4 is 15.4 Å². The molecule has 0 saturated carbocycles. The summed E-state index contributed by atoms with van der Waals surface area (Å²) >= 11 is 0. The highest BCUT2D eigenvalue weighted by molar-refractivity contribution is 5.97. The third-order valence-corrected chi connectivity index (χ3v) is 5.13. The first kappa shape index (κ1) is 20.5. The number of hydrogen-bond acceptors (Lipinski definition) is 4. The lowest BCUT2D eigenvalue weighted by Crippen LogP contribution is -2.28. The van der Waals surface area contributed by atoms with E-state index in [0.717, 1.165) is 29.8 Å². The van der Waals surface area contributed by atoms with Gasteiger partial charge in [-0.2, -0.15) is 5.26 Å². The summed E-state index contributed by atoms with van der Waals surface area (Å²) in [6.07, 6.45) is 6.13. The minimum atomic E-state index is -0.392. The number of amides is 1. The Labute approximate surface area is 172 Å². The number of ether oxygens (including phenoxy) is 1. The van der Waals surface area contributed by atoms with Gasteiger partial charge >= 0.3 is 0 Å². The van der Waals surface area contributed by atoms with Crippen LogP contribution in [-0.2, 0) is 17.6 Å². The van der Waals surface area contributed by atoms with Crippen molar-refractivity contribution < 1.29 is 9.53 Å². The Morgan fingerprint density at radius 1 is 1.17 bits per heavy atom. The molecule has 2 N–H and O–H groups in total. The van der Waals surface area contributed by atoms with E-state index in [1.54, 1.807) is 0 Å². The molecule has 0 aliphatic heterocycles. The van der Waals surface area contributed by atoms with Crippen LogP contribution in [0.5, 0.6) is 5.75 Å². The summed E-state index contributed by atoms with van der Waals surface area (Å²) in [6, 6.07) is 15.6. The molecule has 1 atom stereocenters. The molecule has 5 heteroatoms. The molecular weight excluding hydrogens is 362 g/mol. The Kier molecular flexibility index (Phi) is 6.91. The summed E-state index contributed by atoms with van der Waals surface area (Å²) in [5.74, 6) is 0.385. The van der Waals surface area contributed by atoms with Gasteiger partial charge in [0.15, 0.2) is 0 Å². The average molecular weight is 389 g/mol. The Morgan fingerprint density at radius 3 is 2.59 bits per heavy atom. The highest BCUT2D eigenvalue weighted by Crippen LogP contribution is 2.25. The van der Waals surface area contributed by atoms with Gasteiger partial charge in [-0.3, -0.25) is 4.79 Å². The lowest BCUT2D eigenvalue weighted by atomic mass is 9.89. The molecule has 2 aromatic rings. The van der Waals surface area contributed by atoms with Gasteiger partial charge < -0.3 is 15.4 Å². The van der Waals surface area contributed by atoms with E-state index < -0.39 is 5.91 Å². The van der Waals surface area contributed by atoms with Crippen LogP contribution >= 0.6 is 0 Å². The van der Waals surface area contributed by atoms with Crippen LogP contribution in [0.3, 0.4) is 0 Å². The molecule has 0 bridgehead atoms. The van der Waals surface area contributed by atoms with E-state index >= 15 is 0 Å². The first-order valence-electron chi connectivity index (χ1n) is 10.1. The number of anilines is 1. The molecular formula is C24H27N3O2. The van der Waals surface area contributed by atoms with Crippen molar-refractivity contribution in [1.29, 1.82) is 5.26 Å². The van der Waals surface area contributed by atoms with E-state index in [9.17, 15) is 10.1 Å². The zero-order chi connectivity index (χ0) is 20.6. The van der Waals surface area contributed by atoms with Crippen LogP contribution in [0.4, 0.5) is 5.69 Å². The number of fused-ring (bicyclic) bond motifs is 1. The van der Waals surface area contributed by atoms with Gasteiger partial charge in [0.05, 0.1) is 12.6 Å². The quantitative estimate of drug-likeness (QED) is 0.533. The molecule has 5 nitrogen and oxygen atoms in total. The number of benzene rings is 2. The second-order valence-electron chi connectivity index (χ2n) is 7.20. The summed E-state index contributed by atoms with van der Waals surface area (Å²) in [6.45, 7) is 4.48. The molecule has 1 amide bonds. The molecule has 150 valence electrons. The maximum absolute atomic E-state index is 12.5. The molecule has 2 aromatic carbocycles. The number of carbonyl (C=O) groups is 1. The second kappa shape index (κ2) is 9.79. The van der Waals surface area contributed by atoms with Crippen molar-refractivity contribution in [2.45, 2.75) is 45.6 Å². The molecule has 1 aliphatic carbocycles. The van der Waals surface area contributed by atoms with Crippen LogP contribution in [0.1, 0.15) is 49.4 Å². The largest absolute Gasteiger partial charge is 0.494 e. The fourth-order valence-electron chi connectivity index (χ4n) is 3.50. The van der Waals surface area contributed by atoms with Gasteiger partial charge in [-0.05, 0) is 80.5 Å². The minimum Gasteiger partial charge on any atom is -0.494 e. The summed E-state index contributed by atoms with van der Waals surface area (Å²) in [5, 5.41) is 15.3. The van der Waals surface area contributed by atoms with Crippen molar-refractivity contribution >= 4 is 11.6 Å². The summed E-state index contributed by atoms with van der Waals surface area (Å²) in [7, 11) is 0. The number of rotatable bonds is 7. The number of aryl methyl sites for hydroxylation is 2. The maximum atomic E-state index is 12.5. The van der Waals surface area contributed by atoms with Crippen molar-refractivity contribution in [3.05, 3.63) is 70.9 Å². The van der Waals surface area contributed by atoms with E-state index in [-0.39, 0.29) is 11.6 Å². The molecule has 0 aromatic heterocycles. The monoisotopic (exact) mass is 389 g/mol. The standard InChI is InChI=1S/C24H27N3O2/c1-3-29-23-12-10-22(11-13-23)26-16-21(15-25)24(28)27-17(2)19-9-8-18-6-4-5-7-20(18)14-19/h8-14,16-17,26H,3-7H2,1-2H3,(H,27,28)/b21-16-. The van der Waals surface area contributed by atoms with E-state index in [0.29, 0.717) is 6.61 Å². The summed E-state index contributed by atoms with van der Waals surface area (Å²) in [5.41, 5.74) is 4.66. The van der Waals surface area contributed by atoms with Gasteiger partial charge in [-0.25, -0.2) is 0 Å². The Hall–Kier alpha value is -3.26. The molecule has 1 aliphatic rings. The van der Waals surface area contributed by atoms with E-state index in [2.05, 4.69) is 28.8 Å². The van der Waals surface area contributed by atoms with E-state index in [4.69, 9.17) is 4.74 Å². The Bertz CT molecular complexity index is 926. The average Bonchev–Trinajstić information content (AvgIpc) is 2.75. The fraction of sp³-hybridized carbons (Fsp3) is 0.333. The fourth-order valence-corrected chi connectivity index (χ4v) is 3.50. The number of carbonyl (C=O) groups excluding carboxylic acids is 1. The zero-order valence-corrected chi connectivity index (χ0v) is 17.0. The van der Waals surface area contributed by atoms with Crippen molar-refractivity contribution in [2.75, 3.05) is 11.9 Å². The summed E-state index contributed by atoms with van der Waals surface area (Å²) < 4.78 is 5.41. The predicted octanol–water partition coefficient (Wildman–Crippen LogP) is 4.66. The van der Waals surface area contributed by atoms with Gasteiger partial charge in [0.1, 0.15) is 17.4 Å². The van der Waals surface area contributed by atoms with Crippen LogP contribution in [-0.4, -0.2) is 12.5 Å². The number of nitriles is 1. The van der Waals surface area contributed by atoms with Crippen molar-refractivity contribution in [3.63, 3.8) is 0 Å². The molecule has 0 fully saturated rings. The molecule has 29 heavy (non-hydrogen) atoms. The molecule has 1 unspecified atom stereocenters. The lowest BCUT2D eigenvalue weighted by Gasteiger charge is -2.20. The van der Waals surface area contributed by atoms with Crippen LogP contribution in [0.2, 0.25) is 0 Å². The first-order chi connectivity index (χ1) is 14.1. The first-order valence-corrected chi connectivity index (χ1v) is 10.1. The van der Waals surface area contributed by atoms with Gasteiger partial charge in [0.25, 0.3) is 5.91 Å². The van der Waals surface area contributed by atoms with Gasteiger partial charge in [-0.1, -0.05) is 18.2 Å². The third kappa shape index (κ3) is 5.39. The molecule has 0 radical (unpaired) electrons. The highest BCUT2D eigenvalue weighted by atomic mass is 16.5. The summed E-state index contributed by atoms with van der Waals surface area (Å²) in [4.78, 5) is 12.5. The van der Waals surface area contributed by atoms with Gasteiger partial charge in [-0.15, -0.1) is 0 Å². The number of nitrogens with zero attached hydrogens (tertiary/aromatic N) is 1. The third-order valence-electron chi connectivity index (χ3n) is 5.13. The molecule has 0 saturated heterocycles. The topological polar surface area (TPSA) is 74.1 Å². The van der Waals surface area contributed by atoms with Crippen molar-refractivity contribution in [2.24, 2.45) is 0 Å². The SMILES string of the molecule is CCOc1ccc(N/C=C(/C#N)C(=O)NC(C)c2ccc3c(c2)CCCC3)cc1. The lowest BCUT2D eigenvalue weighted by molar-refractivity contribution is -0.117. The van der Waals surface area contributed by atoms with Crippen LogP contribution in [0.15, 0.2) is 54.2 Å². The smallest absolute Gasteiger partial charge is 0.263 e. The van der Waals surface area contributed by atoms with Crippen LogP contribution in [0, 0.1) is 11.3 Å². The number of hydrogen-bond donors (Lipinski definition) is 2. The molecule has 0 spiro atoms. The minimum absolute atomic E-state index is 0.0312. The van der Waals surface area contributed by atoms with E-state index in [1.165, 1.54) is 30.2 Å². The normalized spacial score (nSPS) is 14.3. The predicted molar refractivity (Wildman–Crippen MR) is 115 cm³/mol. The Balaban J connectivity index is 1.63. The number of nitrogens with one attached hydrogen (secondary N) is 2. The van der Waals surface area contributed by atoms with Crippen LogP contribution in [0.25, 0.3) is 0 Å². The zero-order valence-electron chi connectivity index (χ0n) is 17.0.